The number of benzene rings is 2. The van der Waals surface area contributed by atoms with Gasteiger partial charge in [-0.2, -0.15) is 5.26 Å². The smallest absolute Gasteiger partial charge is 0.237 e. The molecule has 2 aromatic carbocycles. The van der Waals surface area contributed by atoms with E-state index in [2.05, 4.69) is 35.6 Å². The van der Waals surface area contributed by atoms with Gasteiger partial charge in [-0.25, -0.2) is 0 Å². The number of rotatable bonds is 6. The van der Waals surface area contributed by atoms with Crippen molar-refractivity contribution in [3.63, 3.8) is 0 Å². The zero-order chi connectivity index (χ0) is 15.8. The first kappa shape index (κ1) is 15.8. The summed E-state index contributed by atoms with van der Waals surface area (Å²) >= 11 is 0. The molecule has 3 nitrogen and oxygen atoms in total. The molecule has 1 N–H and O–H groups in total. The fourth-order valence-corrected chi connectivity index (χ4v) is 2.33. The van der Waals surface area contributed by atoms with Crippen LogP contribution in [0.1, 0.15) is 18.9 Å². The second kappa shape index (κ2) is 7.99. The maximum absolute atomic E-state index is 11.8. The number of nitriles is 1. The summed E-state index contributed by atoms with van der Waals surface area (Å²) in [5.41, 5.74) is 3.53. The molecule has 0 radical (unpaired) electrons. The molecular formula is C19H20N2O. The van der Waals surface area contributed by atoms with Crippen molar-refractivity contribution in [1.82, 2.24) is 5.32 Å². The van der Waals surface area contributed by atoms with E-state index in [0.717, 1.165) is 6.42 Å². The van der Waals surface area contributed by atoms with Crippen molar-refractivity contribution in [3.05, 3.63) is 60.2 Å². The van der Waals surface area contributed by atoms with Crippen molar-refractivity contribution in [2.75, 3.05) is 6.54 Å². The first-order chi connectivity index (χ1) is 10.7. The van der Waals surface area contributed by atoms with Gasteiger partial charge in [-0.3, -0.25) is 4.79 Å². The lowest BCUT2D eigenvalue weighted by molar-refractivity contribution is -0.123. The molecule has 1 amide bonds. The minimum atomic E-state index is -0.546. The van der Waals surface area contributed by atoms with Gasteiger partial charge < -0.3 is 5.32 Å². The van der Waals surface area contributed by atoms with E-state index in [4.69, 9.17) is 5.26 Å². The largest absolute Gasteiger partial charge is 0.355 e. The number of hydrogen-bond donors (Lipinski definition) is 1. The molecule has 112 valence electrons. The molecule has 0 heterocycles. The third-order valence-corrected chi connectivity index (χ3v) is 3.63. The maximum Gasteiger partial charge on any atom is 0.237 e. The molecule has 0 saturated heterocycles. The first-order valence-corrected chi connectivity index (χ1v) is 7.56. The molecule has 2 aromatic rings. The lowest BCUT2D eigenvalue weighted by Crippen LogP contribution is -2.31. The van der Waals surface area contributed by atoms with Crippen LogP contribution in [0.15, 0.2) is 54.6 Å². The summed E-state index contributed by atoms with van der Waals surface area (Å²) in [6.07, 6.45) is 1.31. The summed E-state index contributed by atoms with van der Waals surface area (Å²) in [4.78, 5) is 11.8. The third kappa shape index (κ3) is 4.20. The van der Waals surface area contributed by atoms with Crippen molar-refractivity contribution in [2.45, 2.75) is 19.8 Å². The van der Waals surface area contributed by atoms with Crippen molar-refractivity contribution in [3.8, 4) is 17.2 Å². The lowest BCUT2D eigenvalue weighted by Gasteiger charge is -2.09. The van der Waals surface area contributed by atoms with Gasteiger partial charge in [0.1, 0.15) is 5.92 Å². The third-order valence-electron chi connectivity index (χ3n) is 3.63. The standard InChI is InChI=1S/C19H20N2O/c1-2-16(14-20)19(22)21-12-11-15-7-6-10-18(13-15)17-8-4-3-5-9-17/h3-10,13,16H,2,11-12H2,1H3,(H,21,22). The molecule has 1 unspecified atom stereocenters. The van der Waals surface area contributed by atoms with E-state index in [1.165, 1.54) is 16.7 Å². The van der Waals surface area contributed by atoms with Crippen LogP contribution >= 0.6 is 0 Å². The Balaban J connectivity index is 1.95. The van der Waals surface area contributed by atoms with Gasteiger partial charge in [0.25, 0.3) is 0 Å². The fraction of sp³-hybridized carbons (Fsp3) is 0.263. The number of carbonyl (C=O) groups excluding carboxylic acids is 1. The zero-order valence-electron chi connectivity index (χ0n) is 12.8. The maximum atomic E-state index is 11.8. The highest BCUT2D eigenvalue weighted by Gasteiger charge is 2.14. The van der Waals surface area contributed by atoms with E-state index in [0.29, 0.717) is 13.0 Å². The Morgan fingerprint density at radius 1 is 1.14 bits per heavy atom. The van der Waals surface area contributed by atoms with Gasteiger partial charge >= 0.3 is 0 Å². The van der Waals surface area contributed by atoms with E-state index < -0.39 is 5.92 Å². The molecule has 2 rings (SSSR count). The van der Waals surface area contributed by atoms with Gasteiger partial charge in [0.15, 0.2) is 0 Å². The Hall–Kier alpha value is -2.60. The molecule has 0 saturated carbocycles. The predicted octanol–water partition coefficient (Wildman–Crippen LogP) is 3.56. The Bertz CT molecular complexity index is 659. The summed E-state index contributed by atoms with van der Waals surface area (Å²) in [5.74, 6) is -0.722. The van der Waals surface area contributed by atoms with E-state index in [1.807, 2.05) is 37.3 Å². The Labute approximate surface area is 131 Å². The van der Waals surface area contributed by atoms with Crippen LogP contribution in [0.4, 0.5) is 0 Å². The molecule has 0 aliphatic heterocycles. The summed E-state index contributed by atoms with van der Waals surface area (Å²) < 4.78 is 0. The number of carbonyl (C=O) groups is 1. The van der Waals surface area contributed by atoms with Gasteiger partial charge in [0.2, 0.25) is 5.91 Å². The van der Waals surface area contributed by atoms with Gasteiger partial charge in [-0.15, -0.1) is 0 Å². The molecule has 1 atom stereocenters. The minimum absolute atomic E-state index is 0.177. The molecule has 0 aromatic heterocycles. The minimum Gasteiger partial charge on any atom is -0.355 e. The van der Waals surface area contributed by atoms with Crippen LogP contribution in [-0.4, -0.2) is 12.5 Å². The lowest BCUT2D eigenvalue weighted by atomic mass is 10.0. The number of amides is 1. The second-order valence-corrected chi connectivity index (χ2v) is 5.20. The van der Waals surface area contributed by atoms with Crippen molar-refractivity contribution < 1.29 is 4.79 Å². The molecule has 22 heavy (non-hydrogen) atoms. The van der Waals surface area contributed by atoms with Crippen LogP contribution in [0.2, 0.25) is 0 Å². The average molecular weight is 292 g/mol. The summed E-state index contributed by atoms with van der Waals surface area (Å²) in [6, 6.07) is 20.5. The molecule has 0 spiro atoms. The number of hydrogen-bond acceptors (Lipinski definition) is 2. The van der Waals surface area contributed by atoms with Crippen LogP contribution in [0.25, 0.3) is 11.1 Å². The zero-order valence-corrected chi connectivity index (χ0v) is 12.8. The van der Waals surface area contributed by atoms with E-state index in [-0.39, 0.29) is 5.91 Å². The van der Waals surface area contributed by atoms with Crippen LogP contribution in [-0.2, 0) is 11.2 Å². The number of nitrogens with zero attached hydrogens (tertiary/aromatic N) is 1. The molecule has 3 heteroatoms. The van der Waals surface area contributed by atoms with E-state index in [1.54, 1.807) is 0 Å². The summed E-state index contributed by atoms with van der Waals surface area (Å²) in [7, 11) is 0. The van der Waals surface area contributed by atoms with Crippen LogP contribution in [0, 0.1) is 17.2 Å². The van der Waals surface area contributed by atoms with Gasteiger partial charge in [0, 0.05) is 6.54 Å². The predicted molar refractivity (Wildman–Crippen MR) is 88.0 cm³/mol. The summed E-state index contributed by atoms with van der Waals surface area (Å²) in [6.45, 7) is 2.39. The Morgan fingerprint density at radius 3 is 2.55 bits per heavy atom. The SMILES string of the molecule is CCC(C#N)C(=O)NCCc1cccc(-c2ccccc2)c1. The van der Waals surface area contributed by atoms with Gasteiger partial charge in [-0.05, 0) is 29.5 Å². The molecular weight excluding hydrogens is 272 g/mol. The average Bonchev–Trinajstić information content (AvgIpc) is 2.57. The highest BCUT2D eigenvalue weighted by Crippen LogP contribution is 2.20. The van der Waals surface area contributed by atoms with E-state index in [9.17, 15) is 4.79 Å². The quantitative estimate of drug-likeness (QED) is 0.885. The summed E-state index contributed by atoms with van der Waals surface area (Å²) in [5, 5.41) is 11.7. The number of nitrogens with one attached hydrogen (secondary N) is 1. The normalized spacial score (nSPS) is 11.5. The van der Waals surface area contributed by atoms with Crippen molar-refractivity contribution in [2.24, 2.45) is 5.92 Å². The van der Waals surface area contributed by atoms with Crippen LogP contribution < -0.4 is 5.32 Å². The van der Waals surface area contributed by atoms with Crippen LogP contribution in [0.3, 0.4) is 0 Å². The van der Waals surface area contributed by atoms with Gasteiger partial charge in [-0.1, -0.05) is 61.5 Å². The Kier molecular flexibility index (Phi) is 5.73. The van der Waals surface area contributed by atoms with Gasteiger partial charge in [0.05, 0.1) is 6.07 Å². The highest BCUT2D eigenvalue weighted by molar-refractivity contribution is 5.80. The van der Waals surface area contributed by atoms with Crippen molar-refractivity contribution in [1.29, 1.82) is 5.26 Å². The monoisotopic (exact) mass is 292 g/mol. The molecule has 0 aliphatic carbocycles. The molecule has 0 fully saturated rings. The topological polar surface area (TPSA) is 52.9 Å². The highest BCUT2D eigenvalue weighted by atomic mass is 16.1. The first-order valence-electron chi connectivity index (χ1n) is 7.56. The Morgan fingerprint density at radius 2 is 1.86 bits per heavy atom. The molecule has 0 bridgehead atoms. The van der Waals surface area contributed by atoms with Crippen LogP contribution in [0.5, 0.6) is 0 Å². The fourth-order valence-electron chi connectivity index (χ4n) is 2.33. The van der Waals surface area contributed by atoms with Crippen molar-refractivity contribution >= 4 is 5.91 Å². The second-order valence-electron chi connectivity index (χ2n) is 5.20. The molecule has 0 aliphatic rings. The van der Waals surface area contributed by atoms with E-state index >= 15 is 0 Å².